The molecular weight excluding hydrogens is 518 g/mol. The van der Waals surface area contributed by atoms with E-state index in [9.17, 15) is 18.0 Å². The maximum absolute atomic E-state index is 13.0. The van der Waals surface area contributed by atoms with Crippen molar-refractivity contribution in [1.82, 2.24) is 8.87 Å². The lowest BCUT2D eigenvalue weighted by Crippen LogP contribution is -2.31. The molecule has 1 heterocycles. The number of esters is 1. The third-order valence-corrected chi connectivity index (χ3v) is 8.78. The summed E-state index contributed by atoms with van der Waals surface area (Å²) in [6.07, 6.45) is 1.65. The van der Waals surface area contributed by atoms with Gasteiger partial charge in [-0.05, 0) is 30.7 Å². The Morgan fingerprint density at radius 2 is 1.68 bits per heavy atom. The van der Waals surface area contributed by atoms with Gasteiger partial charge in [0.05, 0.1) is 36.4 Å². The third-order valence-electron chi connectivity index (χ3n) is 5.75. The predicted octanol–water partition coefficient (Wildman–Crippen LogP) is 3.44. The summed E-state index contributed by atoms with van der Waals surface area (Å²) in [7, 11) is 0.633. The molecule has 12 heteroatoms. The average molecular weight is 550 g/mol. The molecule has 0 aliphatic carbocycles. The van der Waals surface area contributed by atoms with E-state index in [1.165, 1.54) is 61.2 Å². The molecule has 0 radical (unpaired) electrons. The van der Waals surface area contributed by atoms with Gasteiger partial charge in [0.2, 0.25) is 10.0 Å². The van der Waals surface area contributed by atoms with Crippen molar-refractivity contribution in [2.75, 3.05) is 34.4 Å². The van der Waals surface area contributed by atoms with E-state index in [1.807, 2.05) is 6.92 Å². The van der Waals surface area contributed by atoms with Crippen LogP contribution in [0.2, 0.25) is 0 Å². The Morgan fingerprint density at radius 1 is 1.03 bits per heavy atom. The second kappa shape index (κ2) is 12.3. The number of methoxy groups -OCH3 is 3. The van der Waals surface area contributed by atoms with Crippen LogP contribution in [-0.4, -0.2) is 63.6 Å². The zero-order valence-electron chi connectivity index (χ0n) is 21.5. The molecule has 10 nitrogen and oxygen atoms in total. The van der Waals surface area contributed by atoms with Crippen molar-refractivity contribution in [3.8, 4) is 11.5 Å². The van der Waals surface area contributed by atoms with Crippen molar-refractivity contribution in [3.05, 3.63) is 46.8 Å². The number of nitrogens with zero attached hydrogens (tertiary/aromatic N) is 3. The number of amides is 1. The van der Waals surface area contributed by atoms with E-state index >= 15 is 0 Å². The van der Waals surface area contributed by atoms with Gasteiger partial charge in [-0.15, -0.1) is 0 Å². The monoisotopic (exact) mass is 549 g/mol. The van der Waals surface area contributed by atoms with Crippen LogP contribution >= 0.6 is 11.3 Å². The maximum atomic E-state index is 13.0. The van der Waals surface area contributed by atoms with Crippen LogP contribution in [0, 0.1) is 0 Å². The molecule has 0 atom stereocenters. The van der Waals surface area contributed by atoms with Crippen molar-refractivity contribution >= 4 is 43.5 Å². The van der Waals surface area contributed by atoms with E-state index in [-0.39, 0.29) is 21.8 Å². The van der Waals surface area contributed by atoms with E-state index in [4.69, 9.17) is 14.2 Å². The number of ether oxygens (including phenoxy) is 3. The van der Waals surface area contributed by atoms with Gasteiger partial charge in [-0.25, -0.2) is 8.42 Å². The first-order valence-corrected chi connectivity index (χ1v) is 14.0. The number of sulfonamides is 1. The number of fused-ring (bicyclic) bond motifs is 1. The third kappa shape index (κ3) is 6.20. The summed E-state index contributed by atoms with van der Waals surface area (Å²) < 4.78 is 45.2. The normalized spacial score (nSPS) is 12.2. The molecule has 3 aromatic rings. The topological polar surface area (TPSA) is 117 Å². The van der Waals surface area contributed by atoms with E-state index in [0.29, 0.717) is 30.1 Å². The smallest absolute Gasteiger partial charge is 0.325 e. The number of carbonyl (C=O) groups is 2. The van der Waals surface area contributed by atoms with Crippen LogP contribution in [0.3, 0.4) is 0 Å². The molecule has 1 aromatic heterocycles. The molecule has 0 saturated carbocycles. The average Bonchev–Trinajstić information content (AvgIpc) is 3.23. The lowest BCUT2D eigenvalue weighted by atomic mass is 10.2. The van der Waals surface area contributed by atoms with Crippen LogP contribution in [0.1, 0.15) is 37.0 Å². The van der Waals surface area contributed by atoms with E-state index in [1.54, 1.807) is 23.6 Å². The molecule has 2 aromatic carbocycles. The van der Waals surface area contributed by atoms with E-state index in [2.05, 4.69) is 4.99 Å². The molecule has 0 bridgehead atoms. The minimum absolute atomic E-state index is 0.115. The van der Waals surface area contributed by atoms with Crippen molar-refractivity contribution in [1.29, 1.82) is 0 Å². The second-order valence-electron chi connectivity index (χ2n) is 8.01. The van der Waals surface area contributed by atoms with Crippen LogP contribution in [0.25, 0.3) is 10.2 Å². The Morgan fingerprint density at radius 3 is 2.24 bits per heavy atom. The quantitative estimate of drug-likeness (QED) is 0.336. The highest BCUT2D eigenvalue weighted by Gasteiger charge is 2.23. The molecule has 0 N–H and O–H groups in total. The van der Waals surface area contributed by atoms with Crippen LogP contribution in [0.4, 0.5) is 0 Å². The summed E-state index contributed by atoms with van der Waals surface area (Å²) in [5.41, 5.74) is 0.834. The fourth-order valence-corrected chi connectivity index (χ4v) is 6.21. The van der Waals surface area contributed by atoms with Gasteiger partial charge >= 0.3 is 5.97 Å². The summed E-state index contributed by atoms with van der Waals surface area (Å²) in [5, 5.41) is 0. The number of aromatic nitrogens is 1. The first kappa shape index (κ1) is 28.4. The van der Waals surface area contributed by atoms with E-state index < -0.39 is 21.9 Å². The van der Waals surface area contributed by atoms with Gasteiger partial charge in [-0.1, -0.05) is 31.6 Å². The number of thiazole rings is 1. The number of rotatable bonds is 11. The SMILES string of the molecule is CCCCN(CC)S(=O)(=O)c1ccc(C(=O)N=c2sc3cc(OC)c(OC)cc3n2CC(=O)OC)cc1. The summed E-state index contributed by atoms with van der Waals surface area (Å²) in [4.78, 5) is 29.8. The lowest BCUT2D eigenvalue weighted by Gasteiger charge is -2.20. The fourth-order valence-electron chi connectivity index (χ4n) is 3.68. The molecule has 0 saturated heterocycles. The van der Waals surface area contributed by atoms with Crippen LogP contribution in [-0.2, 0) is 26.1 Å². The lowest BCUT2D eigenvalue weighted by molar-refractivity contribution is -0.141. The van der Waals surface area contributed by atoms with E-state index in [0.717, 1.165) is 17.5 Å². The molecule has 200 valence electrons. The summed E-state index contributed by atoms with van der Waals surface area (Å²) in [6.45, 7) is 4.43. The fraction of sp³-hybridized carbons (Fsp3) is 0.400. The Bertz CT molecular complexity index is 1440. The second-order valence-corrected chi connectivity index (χ2v) is 11.0. The van der Waals surface area contributed by atoms with Gasteiger partial charge in [0.1, 0.15) is 6.54 Å². The summed E-state index contributed by atoms with van der Waals surface area (Å²) in [5.74, 6) is -0.134. The number of benzene rings is 2. The van der Waals surface area contributed by atoms with Gasteiger partial charge < -0.3 is 18.8 Å². The Kier molecular flexibility index (Phi) is 9.46. The largest absolute Gasteiger partial charge is 0.493 e. The van der Waals surface area contributed by atoms with Crippen molar-refractivity contribution in [3.63, 3.8) is 0 Å². The van der Waals surface area contributed by atoms with Crippen molar-refractivity contribution in [2.45, 2.75) is 38.1 Å². The molecule has 0 aliphatic heterocycles. The zero-order valence-corrected chi connectivity index (χ0v) is 23.1. The number of hydrogen-bond donors (Lipinski definition) is 0. The summed E-state index contributed by atoms with van der Waals surface area (Å²) >= 11 is 1.20. The van der Waals surface area contributed by atoms with Gasteiger partial charge in [0, 0.05) is 30.8 Å². The molecule has 0 spiro atoms. The highest BCUT2D eigenvalue weighted by atomic mass is 32.2. The minimum atomic E-state index is -3.66. The zero-order chi connectivity index (χ0) is 27.2. The number of unbranched alkanes of at least 4 members (excludes halogenated alkanes) is 1. The number of hydrogen-bond acceptors (Lipinski definition) is 8. The Balaban J connectivity index is 2.02. The first-order valence-electron chi connectivity index (χ1n) is 11.7. The molecule has 0 aliphatic rings. The highest BCUT2D eigenvalue weighted by Crippen LogP contribution is 2.33. The molecule has 1 amide bonds. The van der Waals surface area contributed by atoms with Gasteiger partial charge in [-0.2, -0.15) is 9.30 Å². The molecule has 0 unspecified atom stereocenters. The van der Waals surface area contributed by atoms with Gasteiger partial charge in [0.25, 0.3) is 5.91 Å². The Hall–Kier alpha value is -3.22. The predicted molar refractivity (Wildman–Crippen MR) is 141 cm³/mol. The van der Waals surface area contributed by atoms with Crippen LogP contribution in [0.15, 0.2) is 46.3 Å². The van der Waals surface area contributed by atoms with Gasteiger partial charge in [-0.3, -0.25) is 9.59 Å². The van der Waals surface area contributed by atoms with Gasteiger partial charge in [0.15, 0.2) is 16.3 Å². The van der Waals surface area contributed by atoms with Crippen LogP contribution in [0.5, 0.6) is 11.5 Å². The molecule has 0 fully saturated rings. The highest BCUT2D eigenvalue weighted by molar-refractivity contribution is 7.89. The molecule has 3 rings (SSSR count). The standard InChI is InChI=1S/C25H31N3O7S2/c1-6-8-13-27(7-2)37(31,32)18-11-9-17(10-12-18)24(30)26-25-28(16-23(29)35-5)19-14-20(33-3)21(34-4)15-22(19)36-25/h9-12,14-15H,6-8,13,16H2,1-5H3. The van der Waals surface area contributed by atoms with Crippen molar-refractivity contribution < 1.29 is 32.2 Å². The molecular formula is C25H31N3O7S2. The maximum Gasteiger partial charge on any atom is 0.325 e. The molecule has 37 heavy (non-hydrogen) atoms. The number of carbonyl (C=O) groups excluding carboxylic acids is 2. The van der Waals surface area contributed by atoms with Crippen molar-refractivity contribution in [2.24, 2.45) is 4.99 Å². The minimum Gasteiger partial charge on any atom is -0.493 e. The van der Waals surface area contributed by atoms with Crippen LogP contribution < -0.4 is 14.3 Å². The summed E-state index contributed by atoms with van der Waals surface area (Å²) in [6, 6.07) is 9.15. The Labute approximate surface area is 220 Å². The first-order chi connectivity index (χ1) is 17.7.